The summed E-state index contributed by atoms with van der Waals surface area (Å²) in [5, 5.41) is 9.56. The molecule has 0 aliphatic carbocycles. The minimum absolute atomic E-state index is 0.0470. The SMILES string of the molecule is CCOc1cc(/C=C(\C#N)c2nc(N)nc(N(C)C)n2)cc(Br)c1OC. The van der Waals surface area contributed by atoms with Crippen LogP contribution in [0.3, 0.4) is 0 Å². The van der Waals surface area contributed by atoms with Crippen LogP contribution < -0.4 is 20.1 Å². The van der Waals surface area contributed by atoms with E-state index in [-0.39, 0.29) is 17.3 Å². The third-order valence-electron chi connectivity index (χ3n) is 3.25. The van der Waals surface area contributed by atoms with Crippen LogP contribution in [0.4, 0.5) is 11.9 Å². The predicted molar refractivity (Wildman–Crippen MR) is 104 cm³/mol. The average Bonchev–Trinajstić information content (AvgIpc) is 2.59. The van der Waals surface area contributed by atoms with Crippen LogP contribution in [0, 0.1) is 11.3 Å². The molecule has 2 N–H and O–H groups in total. The Hall–Kier alpha value is -2.86. The quantitative estimate of drug-likeness (QED) is 0.712. The standard InChI is InChI=1S/C17H19BrN6O2/c1-5-26-13-8-10(7-12(18)14(13)25-4)6-11(9-19)15-21-16(20)23-17(22-15)24(2)3/h6-8H,5H2,1-4H3,(H2,20,21,22,23)/b11-6+. The molecule has 9 heteroatoms. The molecule has 0 atom stereocenters. The van der Waals surface area contributed by atoms with Gasteiger partial charge in [0.25, 0.3) is 0 Å². The van der Waals surface area contributed by atoms with Gasteiger partial charge in [0, 0.05) is 14.1 Å². The number of methoxy groups -OCH3 is 1. The fourth-order valence-corrected chi connectivity index (χ4v) is 2.77. The summed E-state index contributed by atoms with van der Waals surface area (Å²) >= 11 is 3.45. The molecule has 0 saturated heterocycles. The minimum atomic E-state index is 0.0470. The highest BCUT2D eigenvalue weighted by Gasteiger charge is 2.14. The second-order valence-corrected chi connectivity index (χ2v) is 6.20. The zero-order chi connectivity index (χ0) is 19.3. The molecule has 0 fully saturated rings. The van der Waals surface area contributed by atoms with Gasteiger partial charge in [-0.1, -0.05) is 0 Å². The van der Waals surface area contributed by atoms with Gasteiger partial charge in [0.1, 0.15) is 6.07 Å². The molecular formula is C17H19BrN6O2. The summed E-state index contributed by atoms with van der Waals surface area (Å²) in [6.45, 7) is 2.37. The van der Waals surface area contributed by atoms with Crippen molar-refractivity contribution >= 4 is 39.5 Å². The Bertz CT molecular complexity index is 876. The molecule has 1 aromatic carbocycles. The highest BCUT2D eigenvalue weighted by atomic mass is 79.9. The van der Waals surface area contributed by atoms with E-state index < -0.39 is 0 Å². The topological polar surface area (TPSA) is 110 Å². The number of aromatic nitrogens is 3. The van der Waals surface area contributed by atoms with Gasteiger partial charge in [0.05, 0.1) is 23.8 Å². The van der Waals surface area contributed by atoms with Crippen molar-refractivity contribution in [1.82, 2.24) is 15.0 Å². The Morgan fingerprint density at radius 1 is 1.35 bits per heavy atom. The Morgan fingerprint density at radius 2 is 2.08 bits per heavy atom. The molecule has 0 unspecified atom stereocenters. The van der Waals surface area contributed by atoms with Crippen molar-refractivity contribution in [3.05, 3.63) is 28.0 Å². The lowest BCUT2D eigenvalue weighted by Crippen LogP contribution is -2.15. The van der Waals surface area contributed by atoms with Crippen molar-refractivity contribution in [2.45, 2.75) is 6.92 Å². The second kappa shape index (κ2) is 8.49. The summed E-state index contributed by atoms with van der Waals surface area (Å²) in [7, 11) is 5.13. The zero-order valence-electron chi connectivity index (χ0n) is 14.9. The number of ether oxygens (including phenoxy) is 2. The molecule has 0 radical (unpaired) electrons. The van der Waals surface area contributed by atoms with E-state index >= 15 is 0 Å². The van der Waals surface area contributed by atoms with Gasteiger partial charge in [-0.2, -0.15) is 20.2 Å². The molecule has 0 spiro atoms. The maximum absolute atomic E-state index is 9.56. The number of hydrogen-bond acceptors (Lipinski definition) is 8. The second-order valence-electron chi connectivity index (χ2n) is 5.35. The summed E-state index contributed by atoms with van der Waals surface area (Å²) < 4.78 is 11.7. The van der Waals surface area contributed by atoms with E-state index in [9.17, 15) is 5.26 Å². The highest BCUT2D eigenvalue weighted by Crippen LogP contribution is 2.37. The zero-order valence-corrected chi connectivity index (χ0v) is 16.5. The average molecular weight is 419 g/mol. The summed E-state index contributed by atoms with van der Waals surface area (Å²) in [6, 6.07) is 5.70. The Labute approximate surface area is 160 Å². The summed E-state index contributed by atoms with van der Waals surface area (Å²) in [6.07, 6.45) is 1.65. The molecule has 0 aliphatic rings. The molecule has 0 saturated carbocycles. The molecule has 8 nitrogen and oxygen atoms in total. The first-order valence-corrected chi connectivity index (χ1v) is 8.50. The number of hydrogen-bond donors (Lipinski definition) is 1. The maximum atomic E-state index is 9.56. The van der Waals surface area contributed by atoms with E-state index in [0.29, 0.717) is 28.5 Å². The first-order chi connectivity index (χ1) is 12.4. The van der Waals surface area contributed by atoms with Crippen molar-refractivity contribution in [1.29, 1.82) is 5.26 Å². The molecule has 0 amide bonds. The summed E-state index contributed by atoms with van der Waals surface area (Å²) in [5.41, 5.74) is 6.72. The first-order valence-electron chi connectivity index (χ1n) is 7.71. The van der Waals surface area contributed by atoms with Crippen LogP contribution >= 0.6 is 15.9 Å². The van der Waals surface area contributed by atoms with Crippen molar-refractivity contribution in [3.63, 3.8) is 0 Å². The van der Waals surface area contributed by atoms with E-state index in [0.717, 1.165) is 5.56 Å². The van der Waals surface area contributed by atoms with Gasteiger partial charge in [-0.25, -0.2) is 0 Å². The van der Waals surface area contributed by atoms with Crippen LogP contribution in [0.1, 0.15) is 18.3 Å². The van der Waals surface area contributed by atoms with Crippen LogP contribution in [-0.4, -0.2) is 42.8 Å². The maximum Gasteiger partial charge on any atom is 0.230 e. The predicted octanol–water partition coefficient (Wildman–Crippen LogP) is 2.75. The van der Waals surface area contributed by atoms with Crippen LogP contribution in [0.5, 0.6) is 11.5 Å². The van der Waals surface area contributed by atoms with E-state index in [4.69, 9.17) is 15.2 Å². The van der Waals surface area contributed by atoms with Crippen molar-refractivity contribution in [2.24, 2.45) is 0 Å². The lowest BCUT2D eigenvalue weighted by Gasteiger charge is -2.13. The Morgan fingerprint density at radius 3 is 2.65 bits per heavy atom. The third kappa shape index (κ3) is 4.40. The molecule has 26 heavy (non-hydrogen) atoms. The van der Waals surface area contributed by atoms with Gasteiger partial charge in [-0.05, 0) is 46.6 Å². The number of allylic oxidation sites excluding steroid dienone is 1. The largest absolute Gasteiger partial charge is 0.492 e. The monoisotopic (exact) mass is 418 g/mol. The van der Waals surface area contributed by atoms with Crippen LogP contribution in [0.2, 0.25) is 0 Å². The van der Waals surface area contributed by atoms with Crippen molar-refractivity contribution in [3.8, 4) is 17.6 Å². The van der Waals surface area contributed by atoms with E-state index in [1.807, 2.05) is 13.0 Å². The van der Waals surface area contributed by atoms with E-state index in [1.54, 1.807) is 38.2 Å². The molecule has 2 rings (SSSR count). The van der Waals surface area contributed by atoms with Gasteiger partial charge < -0.3 is 20.1 Å². The summed E-state index contributed by atoms with van der Waals surface area (Å²) in [5.74, 6) is 1.78. The molecule has 0 aliphatic heterocycles. The van der Waals surface area contributed by atoms with Gasteiger partial charge in [-0.15, -0.1) is 0 Å². The summed E-state index contributed by atoms with van der Waals surface area (Å²) in [4.78, 5) is 14.1. The molecule has 1 aromatic heterocycles. The van der Waals surface area contributed by atoms with Crippen molar-refractivity contribution in [2.75, 3.05) is 38.4 Å². The van der Waals surface area contributed by atoms with Crippen molar-refractivity contribution < 1.29 is 9.47 Å². The molecule has 136 valence electrons. The lowest BCUT2D eigenvalue weighted by molar-refractivity contribution is 0.310. The Balaban J connectivity index is 2.55. The number of rotatable bonds is 6. The number of anilines is 2. The number of halogens is 1. The normalized spacial score (nSPS) is 11.0. The van der Waals surface area contributed by atoms with Gasteiger partial charge in [0.2, 0.25) is 11.9 Å². The smallest absolute Gasteiger partial charge is 0.230 e. The number of nitrogens with zero attached hydrogens (tertiary/aromatic N) is 5. The number of benzene rings is 1. The minimum Gasteiger partial charge on any atom is -0.492 e. The number of nitriles is 1. The van der Waals surface area contributed by atoms with Crippen LogP contribution in [-0.2, 0) is 0 Å². The van der Waals surface area contributed by atoms with Gasteiger partial charge in [-0.3, -0.25) is 0 Å². The van der Waals surface area contributed by atoms with Crippen LogP contribution in [0.15, 0.2) is 16.6 Å². The Kier molecular flexibility index (Phi) is 6.36. The molecule has 0 bridgehead atoms. The third-order valence-corrected chi connectivity index (χ3v) is 3.84. The molecular weight excluding hydrogens is 400 g/mol. The van der Waals surface area contributed by atoms with Gasteiger partial charge >= 0.3 is 0 Å². The van der Waals surface area contributed by atoms with Gasteiger partial charge in [0.15, 0.2) is 17.3 Å². The lowest BCUT2D eigenvalue weighted by atomic mass is 10.1. The molecule has 2 aromatic rings. The highest BCUT2D eigenvalue weighted by molar-refractivity contribution is 9.10. The first kappa shape index (κ1) is 19.5. The van der Waals surface area contributed by atoms with Crippen LogP contribution in [0.25, 0.3) is 11.6 Å². The fourth-order valence-electron chi connectivity index (χ4n) is 2.15. The number of nitrogen functional groups attached to an aromatic ring is 1. The fraction of sp³-hybridized carbons (Fsp3) is 0.294. The number of nitrogens with two attached hydrogens (primary N) is 1. The van der Waals surface area contributed by atoms with E-state index in [1.165, 1.54) is 0 Å². The van der Waals surface area contributed by atoms with E-state index in [2.05, 4.69) is 37.0 Å². The molecule has 1 heterocycles.